The first-order chi connectivity index (χ1) is 52.0. The highest BCUT2D eigenvalue weighted by molar-refractivity contribution is 7.85. The normalized spacial score (nSPS) is 14.4. The third-order valence-electron chi connectivity index (χ3n) is 21.0. The molecule has 2 unspecified atom stereocenters. The van der Waals surface area contributed by atoms with Crippen molar-refractivity contribution in [1.29, 1.82) is 0 Å². The summed E-state index contributed by atoms with van der Waals surface area (Å²) in [5, 5.41) is 14.9. The average Bonchev–Trinajstić information content (AvgIpc) is 1.06. The SMILES string of the molecule is O=P1(c2ccccc2)c2ccccc2Oc2c(-c3cc(-n4c5ccccc5c5cc(-c6ccccc6)ccc54)cc4c3oc3ccccc34)cccc21.c1ccc(-c2ccc3c(c2)c2ccccc2n3-c2cc(-c3cccc4c3Oc3ccccc3P4c3ccccc3)c3oc4ccccc4c3c2)cc1. The fraction of sp³-hybridized carbons (Fsp3) is 0. The number of ether oxygens (including phenoxy) is 2. The molecule has 2 atom stereocenters. The minimum absolute atomic E-state index is 0.590. The van der Waals surface area contributed by atoms with Crippen molar-refractivity contribution in [1.82, 2.24) is 9.13 Å². The van der Waals surface area contributed by atoms with Crippen LogP contribution in [0.3, 0.4) is 0 Å². The molecular weight excluding hydrogens is 1320 g/mol. The minimum Gasteiger partial charge on any atom is -0.455 e. The van der Waals surface area contributed by atoms with Crippen LogP contribution in [0.1, 0.15) is 0 Å². The van der Waals surface area contributed by atoms with Gasteiger partial charge in [-0.1, -0.05) is 267 Å². The first-order valence-electron chi connectivity index (χ1n) is 35.4. The quantitative estimate of drug-likeness (QED) is 0.142. The number of benzene rings is 16. The van der Waals surface area contributed by atoms with Gasteiger partial charge in [-0.05, 0) is 133 Å². The Hall–Kier alpha value is -13.0. The molecule has 7 nitrogen and oxygen atoms in total. The third kappa shape index (κ3) is 9.67. The van der Waals surface area contributed by atoms with Gasteiger partial charge in [0.25, 0.3) is 0 Å². The van der Waals surface area contributed by atoms with Crippen LogP contribution in [0.5, 0.6) is 23.0 Å². The highest BCUT2D eigenvalue weighted by atomic mass is 31.2. The van der Waals surface area contributed by atoms with Crippen LogP contribution in [0.4, 0.5) is 0 Å². The Labute approximate surface area is 605 Å². The highest BCUT2D eigenvalue weighted by Gasteiger charge is 2.41. The number of hydrogen-bond donors (Lipinski definition) is 0. The van der Waals surface area contributed by atoms with Crippen molar-refractivity contribution < 1.29 is 22.9 Å². The summed E-state index contributed by atoms with van der Waals surface area (Å²) in [4.78, 5) is 0. The first kappa shape index (κ1) is 60.7. The summed E-state index contributed by atoms with van der Waals surface area (Å²) in [6.45, 7) is 0. The number of hydrogen-bond acceptors (Lipinski definition) is 5. The molecule has 20 aromatic rings. The Morgan fingerprint density at radius 2 is 0.705 bits per heavy atom. The summed E-state index contributed by atoms with van der Waals surface area (Å²) < 4.78 is 47.6. The van der Waals surface area contributed by atoms with E-state index in [2.05, 4.69) is 288 Å². The van der Waals surface area contributed by atoms with E-state index in [4.69, 9.17) is 18.3 Å². The van der Waals surface area contributed by atoms with Crippen LogP contribution in [0.25, 0.3) is 143 Å². The lowest BCUT2D eigenvalue weighted by molar-refractivity contribution is 0.487. The summed E-state index contributed by atoms with van der Waals surface area (Å²) in [6, 6.07) is 127. The standard InChI is InChI=1S/C48H30NO3P.C48H30NO2P/c50-53(34-16-5-2-6-17-34)45-24-12-11-23-44(45)52-48-37(20-13-25-46(48)53)40-30-33(29-39-36-19-8-10-22-43(36)51-47(39)40)49-41-21-9-7-18-35(41)38-28-32(26-27-42(38)49)31-14-3-1-4-15-31;1-3-14-31(15-4-1)32-26-27-42-38(28-32)35-18-7-9-21-41(35)49(42)33-29-39-36-19-8-10-22-43(36)50-47(39)40(30-33)37-20-13-25-46-48(37)51-44-23-11-12-24-45(44)52(46)34-16-5-2-6-17-34/h1-30H;1-30H. The van der Waals surface area contributed by atoms with Gasteiger partial charge in [-0.2, -0.15) is 0 Å². The Balaban J connectivity index is 0.000000135. The summed E-state index contributed by atoms with van der Waals surface area (Å²) in [5.74, 6) is 3.00. The number of rotatable bonds is 8. The van der Waals surface area contributed by atoms with E-state index in [1.807, 2.05) is 84.9 Å². The van der Waals surface area contributed by atoms with E-state index < -0.39 is 15.1 Å². The van der Waals surface area contributed by atoms with Gasteiger partial charge < -0.3 is 32.0 Å². The zero-order valence-electron chi connectivity index (χ0n) is 56.5. The van der Waals surface area contributed by atoms with E-state index in [1.165, 1.54) is 59.7 Å². The van der Waals surface area contributed by atoms with E-state index in [0.717, 1.165) is 116 Å². The van der Waals surface area contributed by atoms with Gasteiger partial charge in [0.1, 0.15) is 45.3 Å². The predicted octanol–water partition coefficient (Wildman–Crippen LogP) is 23.6. The van der Waals surface area contributed by atoms with Gasteiger partial charge in [-0.15, -0.1) is 0 Å². The topological polar surface area (TPSA) is 71.7 Å². The van der Waals surface area contributed by atoms with E-state index in [1.54, 1.807) is 0 Å². The van der Waals surface area contributed by atoms with Crippen molar-refractivity contribution >= 4 is 134 Å². The third-order valence-corrected chi connectivity index (χ3v) is 26.6. The smallest absolute Gasteiger partial charge is 0.178 e. The van der Waals surface area contributed by atoms with Crippen molar-refractivity contribution in [3.8, 4) is 78.9 Å². The molecule has 0 N–H and O–H groups in total. The molecule has 0 bridgehead atoms. The van der Waals surface area contributed by atoms with Crippen molar-refractivity contribution in [3.63, 3.8) is 0 Å². The lowest BCUT2D eigenvalue weighted by atomic mass is 10.00. The molecule has 4 aromatic heterocycles. The van der Waals surface area contributed by atoms with E-state index in [9.17, 15) is 0 Å². The molecule has 0 saturated heterocycles. The summed E-state index contributed by atoms with van der Waals surface area (Å²) >= 11 is 0. The monoisotopic (exact) mass is 1380 g/mol. The second kappa shape index (κ2) is 24.3. The fourth-order valence-electron chi connectivity index (χ4n) is 16.3. The maximum atomic E-state index is 15.6. The van der Waals surface area contributed by atoms with Crippen molar-refractivity contribution in [2.45, 2.75) is 0 Å². The summed E-state index contributed by atoms with van der Waals surface area (Å²) in [6.07, 6.45) is 0. The van der Waals surface area contributed by atoms with E-state index >= 15 is 4.57 Å². The molecular formula is C96H60N2O5P2. The van der Waals surface area contributed by atoms with Crippen LogP contribution < -0.4 is 41.3 Å². The zero-order valence-corrected chi connectivity index (χ0v) is 58.3. The summed E-state index contributed by atoms with van der Waals surface area (Å²) in [7, 11) is -4.14. The molecule has 0 aliphatic carbocycles. The predicted molar refractivity (Wildman–Crippen MR) is 436 cm³/mol. The largest absolute Gasteiger partial charge is 0.455 e. The molecule has 6 heterocycles. The number of furan rings is 2. The van der Waals surface area contributed by atoms with Gasteiger partial charge in [0.2, 0.25) is 0 Å². The molecule has 0 fully saturated rings. The molecule has 0 amide bonds. The number of nitrogens with zero attached hydrogens (tertiary/aromatic N) is 2. The van der Waals surface area contributed by atoms with Crippen LogP contribution in [0.2, 0.25) is 0 Å². The molecule has 22 rings (SSSR count). The van der Waals surface area contributed by atoms with Crippen LogP contribution in [-0.4, -0.2) is 9.13 Å². The Morgan fingerprint density at radius 1 is 0.276 bits per heavy atom. The molecule has 9 heteroatoms. The van der Waals surface area contributed by atoms with Gasteiger partial charge in [0, 0.05) is 92.6 Å². The van der Waals surface area contributed by atoms with E-state index in [0.29, 0.717) is 22.1 Å². The van der Waals surface area contributed by atoms with Gasteiger partial charge in [-0.25, -0.2) is 0 Å². The van der Waals surface area contributed by atoms with Crippen LogP contribution in [0.15, 0.2) is 373 Å². The number of fused-ring (bicyclic) bond motifs is 16. The van der Waals surface area contributed by atoms with Crippen LogP contribution in [-0.2, 0) is 4.57 Å². The minimum atomic E-state index is -3.30. The van der Waals surface area contributed by atoms with Gasteiger partial charge in [0.15, 0.2) is 7.14 Å². The van der Waals surface area contributed by atoms with Crippen molar-refractivity contribution in [2.75, 3.05) is 0 Å². The lowest BCUT2D eigenvalue weighted by Crippen LogP contribution is -2.30. The molecule has 105 heavy (non-hydrogen) atoms. The molecule has 2 aliphatic rings. The molecule has 2 aliphatic heterocycles. The Kier molecular flexibility index (Phi) is 14.1. The van der Waals surface area contributed by atoms with Gasteiger partial charge in [-0.3, -0.25) is 0 Å². The number of para-hydroxylation sites is 8. The maximum Gasteiger partial charge on any atom is 0.178 e. The fourth-order valence-corrected chi connectivity index (χ4v) is 21.6. The highest BCUT2D eigenvalue weighted by Crippen LogP contribution is 2.56. The molecule has 494 valence electrons. The molecule has 0 spiro atoms. The Morgan fingerprint density at radius 3 is 1.29 bits per heavy atom. The maximum absolute atomic E-state index is 15.6. The average molecular weight is 1380 g/mol. The van der Waals surface area contributed by atoms with Crippen LogP contribution >= 0.6 is 15.1 Å². The Bertz CT molecular complexity index is 6950. The summed E-state index contributed by atoms with van der Waals surface area (Å²) in [5.41, 5.74) is 18.4. The first-order valence-corrected chi connectivity index (χ1v) is 38.4. The van der Waals surface area contributed by atoms with Gasteiger partial charge in [0.05, 0.1) is 32.7 Å². The van der Waals surface area contributed by atoms with E-state index in [-0.39, 0.29) is 0 Å². The van der Waals surface area contributed by atoms with Crippen LogP contribution in [0, 0.1) is 0 Å². The molecule has 16 aromatic carbocycles. The second-order valence-electron chi connectivity index (χ2n) is 26.9. The lowest BCUT2D eigenvalue weighted by Gasteiger charge is -2.30. The zero-order chi connectivity index (χ0) is 69.3. The van der Waals surface area contributed by atoms with Gasteiger partial charge >= 0.3 is 0 Å². The molecule has 0 radical (unpaired) electrons. The second-order valence-corrected chi connectivity index (χ2v) is 31.7. The molecule has 0 saturated carbocycles. The van der Waals surface area contributed by atoms with Crippen molar-refractivity contribution in [3.05, 3.63) is 364 Å². The van der Waals surface area contributed by atoms with Crippen molar-refractivity contribution in [2.24, 2.45) is 0 Å². The number of aromatic nitrogens is 2.